The first-order chi connectivity index (χ1) is 7.35. The van der Waals surface area contributed by atoms with Crippen LogP contribution in [0.5, 0.6) is 0 Å². The summed E-state index contributed by atoms with van der Waals surface area (Å²) in [5.74, 6) is 1.20. The van der Waals surface area contributed by atoms with Gasteiger partial charge in [-0.2, -0.15) is 0 Å². The summed E-state index contributed by atoms with van der Waals surface area (Å²) < 4.78 is 2.25. The molecule has 1 aromatic rings. The molecular formula is C11H20N4. The zero-order valence-electron chi connectivity index (χ0n) is 9.61. The van der Waals surface area contributed by atoms with Gasteiger partial charge in [0.15, 0.2) is 0 Å². The summed E-state index contributed by atoms with van der Waals surface area (Å²) in [6, 6.07) is 0.639. The average molecular weight is 208 g/mol. The fraction of sp³-hybridized carbons (Fsp3) is 0.727. The highest BCUT2D eigenvalue weighted by atomic mass is 15.3. The molecule has 1 aromatic heterocycles. The van der Waals surface area contributed by atoms with Crippen molar-refractivity contribution in [2.75, 3.05) is 20.1 Å². The number of hydrogen-bond donors (Lipinski definition) is 1. The highest BCUT2D eigenvalue weighted by Gasteiger charge is 2.22. The Labute approximate surface area is 91.3 Å². The highest BCUT2D eigenvalue weighted by Crippen LogP contribution is 2.14. The molecule has 0 amide bonds. The van der Waals surface area contributed by atoms with Gasteiger partial charge in [0.1, 0.15) is 5.82 Å². The summed E-state index contributed by atoms with van der Waals surface area (Å²) in [7, 11) is 2.02. The fourth-order valence-electron chi connectivity index (χ4n) is 2.27. The first-order valence-corrected chi connectivity index (χ1v) is 5.73. The average Bonchev–Trinajstić information content (AvgIpc) is 2.72. The van der Waals surface area contributed by atoms with Crippen LogP contribution in [0.4, 0.5) is 0 Å². The van der Waals surface area contributed by atoms with Gasteiger partial charge in [-0.15, -0.1) is 0 Å². The van der Waals surface area contributed by atoms with E-state index in [9.17, 15) is 0 Å². The molecule has 0 aliphatic carbocycles. The Hall–Kier alpha value is -0.870. The van der Waals surface area contributed by atoms with Crippen molar-refractivity contribution in [3.8, 4) is 0 Å². The van der Waals surface area contributed by atoms with Crippen molar-refractivity contribution in [3.05, 3.63) is 18.2 Å². The molecule has 0 spiro atoms. The van der Waals surface area contributed by atoms with Gasteiger partial charge in [-0.25, -0.2) is 4.98 Å². The number of nitrogens with one attached hydrogen (secondary N) is 1. The van der Waals surface area contributed by atoms with Crippen molar-refractivity contribution in [1.29, 1.82) is 0 Å². The quantitative estimate of drug-likeness (QED) is 0.790. The van der Waals surface area contributed by atoms with Crippen LogP contribution < -0.4 is 5.32 Å². The summed E-state index contributed by atoms with van der Waals surface area (Å²) >= 11 is 0. The van der Waals surface area contributed by atoms with Crippen molar-refractivity contribution in [2.24, 2.45) is 0 Å². The molecule has 4 nitrogen and oxygen atoms in total. The number of likely N-dealkylation sites (N-methyl/N-ethyl adjacent to an activating group) is 1. The monoisotopic (exact) mass is 208 g/mol. The lowest BCUT2D eigenvalue weighted by atomic mass is 10.1. The van der Waals surface area contributed by atoms with E-state index in [1.54, 1.807) is 0 Å². The van der Waals surface area contributed by atoms with E-state index in [1.807, 2.05) is 13.2 Å². The fourth-order valence-corrected chi connectivity index (χ4v) is 2.27. The van der Waals surface area contributed by atoms with Crippen molar-refractivity contribution >= 4 is 0 Å². The van der Waals surface area contributed by atoms with Crippen LogP contribution in [0.15, 0.2) is 12.4 Å². The second-order valence-electron chi connectivity index (χ2n) is 4.13. The summed E-state index contributed by atoms with van der Waals surface area (Å²) in [6.07, 6.45) is 5.17. The van der Waals surface area contributed by atoms with Crippen molar-refractivity contribution in [3.63, 3.8) is 0 Å². The first kappa shape index (κ1) is 10.6. The highest BCUT2D eigenvalue weighted by molar-refractivity contribution is 4.96. The van der Waals surface area contributed by atoms with E-state index in [-0.39, 0.29) is 0 Å². The van der Waals surface area contributed by atoms with Crippen LogP contribution in [0.1, 0.15) is 19.2 Å². The molecule has 1 N–H and O–H groups in total. The van der Waals surface area contributed by atoms with Crippen molar-refractivity contribution in [1.82, 2.24) is 19.8 Å². The van der Waals surface area contributed by atoms with Gasteiger partial charge in [0.05, 0.1) is 6.54 Å². The summed E-state index contributed by atoms with van der Waals surface area (Å²) in [5.41, 5.74) is 0. The molecule has 15 heavy (non-hydrogen) atoms. The first-order valence-electron chi connectivity index (χ1n) is 5.73. The molecule has 1 aliphatic heterocycles. The molecule has 0 saturated carbocycles. The van der Waals surface area contributed by atoms with Gasteiger partial charge in [-0.1, -0.05) is 6.92 Å². The molecule has 4 heteroatoms. The Balaban J connectivity index is 2.01. The predicted molar refractivity (Wildman–Crippen MR) is 60.6 cm³/mol. The topological polar surface area (TPSA) is 33.1 Å². The lowest BCUT2D eigenvalue weighted by molar-refractivity contribution is 0.147. The number of aromatic nitrogens is 2. The van der Waals surface area contributed by atoms with Crippen LogP contribution in [0, 0.1) is 0 Å². The van der Waals surface area contributed by atoms with Crippen molar-refractivity contribution < 1.29 is 0 Å². The van der Waals surface area contributed by atoms with Gasteiger partial charge in [0.25, 0.3) is 0 Å². The van der Waals surface area contributed by atoms with E-state index < -0.39 is 0 Å². The summed E-state index contributed by atoms with van der Waals surface area (Å²) in [4.78, 5) is 6.91. The second kappa shape index (κ2) is 4.77. The Kier molecular flexibility index (Phi) is 3.38. The smallest absolute Gasteiger partial charge is 0.122 e. The minimum absolute atomic E-state index is 0.639. The molecule has 2 rings (SSSR count). The van der Waals surface area contributed by atoms with E-state index in [2.05, 4.69) is 32.9 Å². The third kappa shape index (κ3) is 2.21. The molecule has 1 aliphatic rings. The zero-order chi connectivity index (χ0) is 10.7. The molecule has 0 saturated heterocycles. The largest absolute Gasteiger partial charge is 0.333 e. The molecule has 84 valence electrons. The Bertz CT molecular complexity index is 307. The third-order valence-electron chi connectivity index (χ3n) is 3.20. The SMILES string of the molecule is CCC(CNC)N1CCn2ccnc2C1. The van der Waals surface area contributed by atoms with E-state index >= 15 is 0 Å². The van der Waals surface area contributed by atoms with Crippen LogP contribution in [-0.4, -0.2) is 40.6 Å². The van der Waals surface area contributed by atoms with E-state index in [0.29, 0.717) is 6.04 Å². The summed E-state index contributed by atoms with van der Waals surface area (Å²) in [5, 5.41) is 3.26. The van der Waals surface area contributed by atoms with E-state index in [1.165, 1.54) is 12.2 Å². The molecule has 0 aromatic carbocycles. The third-order valence-corrected chi connectivity index (χ3v) is 3.20. The minimum atomic E-state index is 0.639. The van der Waals surface area contributed by atoms with Crippen LogP contribution in [0.25, 0.3) is 0 Å². The second-order valence-corrected chi connectivity index (χ2v) is 4.13. The van der Waals surface area contributed by atoms with Gasteiger partial charge in [-0.05, 0) is 13.5 Å². The maximum absolute atomic E-state index is 4.38. The molecule has 2 heterocycles. The molecular weight excluding hydrogens is 188 g/mol. The molecule has 0 radical (unpaired) electrons. The maximum Gasteiger partial charge on any atom is 0.122 e. The normalized spacial score (nSPS) is 18.8. The Morgan fingerprint density at radius 3 is 3.13 bits per heavy atom. The lowest BCUT2D eigenvalue weighted by Crippen LogP contribution is -2.45. The number of rotatable bonds is 4. The van der Waals surface area contributed by atoms with Gasteiger partial charge >= 0.3 is 0 Å². The van der Waals surface area contributed by atoms with Crippen LogP contribution in [0.2, 0.25) is 0 Å². The molecule has 0 bridgehead atoms. The summed E-state index contributed by atoms with van der Waals surface area (Å²) in [6.45, 7) is 6.53. The van der Waals surface area contributed by atoms with Gasteiger partial charge in [0.2, 0.25) is 0 Å². The number of fused-ring (bicyclic) bond motifs is 1. The number of nitrogens with zero attached hydrogens (tertiary/aromatic N) is 3. The Morgan fingerprint density at radius 2 is 2.40 bits per heavy atom. The maximum atomic E-state index is 4.38. The van der Waals surface area contributed by atoms with Crippen LogP contribution in [0.3, 0.4) is 0 Å². The van der Waals surface area contributed by atoms with Gasteiger partial charge in [-0.3, -0.25) is 4.90 Å². The molecule has 0 fully saturated rings. The predicted octanol–water partition coefficient (Wildman–Crippen LogP) is 0.697. The number of hydrogen-bond acceptors (Lipinski definition) is 3. The van der Waals surface area contributed by atoms with E-state index in [4.69, 9.17) is 0 Å². The van der Waals surface area contributed by atoms with Crippen molar-refractivity contribution in [2.45, 2.75) is 32.5 Å². The minimum Gasteiger partial charge on any atom is -0.333 e. The molecule has 1 unspecified atom stereocenters. The number of imidazole rings is 1. The zero-order valence-corrected chi connectivity index (χ0v) is 9.61. The van der Waals surface area contributed by atoms with Crippen LogP contribution >= 0.6 is 0 Å². The standard InChI is InChI=1S/C11H20N4/c1-3-10(8-12-2)15-7-6-14-5-4-13-11(14)9-15/h4-5,10,12H,3,6-9H2,1-2H3. The van der Waals surface area contributed by atoms with Gasteiger partial charge in [0, 0.05) is 38.1 Å². The van der Waals surface area contributed by atoms with Crippen LogP contribution in [-0.2, 0) is 13.1 Å². The molecule has 1 atom stereocenters. The van der Waals surface area contributed by atoms with Gasteiger partial charge < -0.3 is 9.88 Å². The lowest BCUT2D eigenvalue weighted by Gasteiger charge is -2.34. The Morgan fingerprint density at radius 1 is 1.53 bits per heavy atom. The van der Waals surface area contributed by atoms with E-state index in [0.717, 1.165) is 26.2 Å².